The largest absolute Gasteiger partial charge is 0.496 e. The number of ether oxygens (including phenoxy) is 2. The second-order valence-electron chi connectivity index (χ2n) is 10.9. The summed E-state index contributed by atoms with van der Waals surface area (Å²) in [5.74, 6) is 1.52. The summed E-state index contributed by atoms with van der Waals surface area (Å²) < 4.78 is 24.0. The maximum Gasteiger partial charge on any atom is 0.457 e. The Hall–Kier alpha value is -1.53. The Morgan fingerprint density at radius 3 is 2.60 bits per heavy atom. The number of hydrogen-bond acceptors (Lipinski definition) is 5. The van der Waals surface area contributed by atoms with Gasteiger partial charge in [0.15, 0.2) is 0 Å². The van der Waals surface area contributed by atoms with Gasteiger partial charge < -0.3 is 18.8 Å². The number of carbonyl (C=O) groups is 1. The molecule has 4 fully saturated rings. The van der Waals surface area contributed by atoms with E-state index in [0.717, 1.165) is 24.2 Å². The van der Waals surface area contributed by atoms with E-state index in [9.17, 15) is 4.79 Å². The van der Waals surface area contributed by atoms with E-state index in [1.54, 1.807) is 13.2 Å². The fourth-order valence-electron chi connectivity index (χ4n) is 5.87. The minimum atomic E-state index is -0.552. The maximum absolute atomic E-state index is 12.6. The molecule has 5 rings (SSSR count). The lowest BCUT2D eigenvalue weighted by Crippen LogP contribution is -2.65. The van der Waals surface area contributed by atoms with Crippen LogP contribution in [0.2, 0.25) is 6.32 Å². The van der Waals surface area contributed by atoms with E-state index >= 15 is 0 Å². The monoisotopic (exact) mass is 414 g/mol. The zero-order chi connectivity index (χ0) is 21.9. The summed E-state index contributed by atoms with van der Waals surface area (Å²) in [5, 5.41) is 0. The molecule has 1 aromatic carbocycles. The molecule has 30 heavy (non-hydrogen) atoms. The van der Waals surface area contributed by atoms with Gasteiger partial charge in [0.25, 0.3) is 0 Å². The van der Waals surface area contributed by atoms with Gasteiger partial charge in [-0.05, 0) is 82.2 Å². The topological polar surface area (TPSA) is 54.0 Å². The van der Waals surface area contributed by atoms with E-state index in [1.165, 1.54) is 6.42 Å². The van der Waals surface area contributed by atoms with Gasteiger partial charge in [-0.15, -0.1) is 0 Å². The Morgan fingerprint density at radius 2 is 1.97 bits per heavy atom. The molecular formula is C24H35BO5. The highest BCUT2D eigenvalue weighted by Crippen LogP contribution is 2.65. The first-order chi connectivity index (χ1) is 14.0. The Kier molecular flexibility index (Phi) is 5.26. The average molecular weight is 414 g/mol. The minimum Gasteiger partial charge on any atom is -0.496 e. The van der Waals surface area contributed by atoms with Crippen LogP contribution in [-0.4, -0.2) is 37.5 Å². The van der Waals surface area contributed by atoms with Crippen LogP contribution in [0, 0.1) is 17.3 Å². The van der Waals surface area contributed by atoms with Crippen LogP contribution in [0.25, 0.3) is 0 Å². The summed E-state index contributed by atoms with van der Waals surface area (Å²) in [6.07, 6.45) is 3.98. The maximum atomic E-state index is 12.6. The molecule has 2 bridgehead atoms. The normalized spacial score (nSPS) is 31.7. The zero-order valence-electron chi connectivity index (χ0n) is 19.4. The molecule has 4 atom stereocenters. The molecule has 0 amide bonds. The molecule has 0 aromatic heterocycles. The van der Waals surface area contributed by atoms with Crippen molar-refractivity contribution in [3.05, 3.63) is 29.3 Å². The van der Waals surface area contributed by atoms with Crippen molar-refractivity contribution in [3.8, 4) is 5.75 Å². The third-order valence-corrected chi connectivity index (χ3v) is 7.57. The van der Waals surface area contributed by atoms with Crippen molar-refractivity contribution in [2.24, 2.45) is 17.3 Å². The van der Waals surface area contributed by atoms with Gasteiger partial charge in [-0.1, -0.05) is 26.0 Å². The summed E-state index contributed by atoms with van der Waals surface area (Å²) >= 11 is 0. The molecule has 0 N–H and O–H groups in total. The van der Waals surface area contributed by atoms with E-state index in [2.05, 4.69) is 20.8 Å². The summed E-state index contributed by atoms with van der Waals surface area (Å²) in [5.41, 5.74) is 1.03. The molecule has 6 heteroatoms. The quantitative estimate of drug-likeness (QED) is 0.506. The number of para-hydroxylation sites is 1. The second-order valence-corrected chi connectivity index (χ2v) is 10.9. The molecule has 5 nitrogen and oxygen atoms in total. The Labute approximate surface area is 180 Å². The van der Waals surface area contributed by atoms with Crippen molar-refractivity contribution < 1.29 is 23.6 Å². The van der Waals surface area contributed by atoms with E-state index < -0.39 is 5.60 Å². The van der Waals surface area contributed by atoms with Crippen LogP contribution in [0.5, 0.6) is 5.75 Å². The Balaban J connectivity index is 1.45. The van der Waals surface area contributed by atoms with Crippen molar-refractivity contribution in [3.63, 3.8) is 0 Å². The fraction of sp³-hybridized carbons (Fsp3) is 0.708. The van der Waals surface area contributed by atoms with E-state index in [-0.39, 0.29) is 24.8 Å². The van der Waals surface area contributed by atoms with Gasteiger partial charge >= 0.3 is 13.1 Å². The van der Waals surface area contributed by atoms with Gasteiger partial charge in [0, 0.05) is 0 Å². The highest BCUT2D eigenvalue weighted by atomic mass is 16.7. The van der Waals surface area contributed by atoms with Crippen molar-refractivity contribution in [2.45, 2.75) is 84.4 Å². The smallest absolute Gasteiger partial charge is 0.457 e. The third-order valence-electron chi connectivity index (χ3n) is 7.57. The number of esters is 1. The number of methoxy groups -OCH3 is 1. The summed E-state index contributed by atoms with van der Waals surface area (Å²) in [7, 11) is 1.38. The van der Waals surface area contributed by atoms with Gasteiger partial charge in [0.1, 0.15) is 16.9 Å². The Morgan fingerprint density at radius 1 is 1.23 bits per heavy atom. The predicted molar refractivity (Wildman–Crippen MR) is 117 cm³/mol. The molecule has 1 heterocycles. The van der Waals surface area contributed by atoms with Crippen LogP contribution in [0.15, 0.2) is 18.2 Å². The molecule has 1 saturated heterocycles. The lowest BCUT2D eigenvalue weighted by molar-refractivity contribution is -0.199. The van der Waals surface area contributed by atoms with E-state index in [1.807, 2.05) is 32.9 Å². The minimum absolute atomic E-state index is 0.189. The molecule has 4 unspecified atom stereocenters. The number of carbonyl (C=O) groups excluding carboxylic acids is 1. The third kappa shape index (κ3) is 3.56. The molecule has 164 valence electrons. The number of benzene rings is 1. The highest BCUT2D eigenvalue weighted by molar-refractivity contribution is 6.45. The van der Waals surface area contributed by atoms with Gasteiger partial charge in [0.2, 0.25) is 0 Å². The van der Waals surface area contributed by atoms with E-state index in [0.29, 0.717) is 29.1 Å². The lowest BCUT2D eigenvalue weighted by Gasteiger charge is -2.64. The number of rotatable bonds is 5. The van der Waals surface area contributed by atoms with Crippen LogP contribution >= 0.6 is 0 Å². The van der Waals surface area contributed by atoms with Crippen LogP contribution in [-0.2, 0) is 20.5 Å². The van der Waals surface area contributed by atoms with Crippen molar-refractivity contribution in [1.29, 1.82) is 0 Å². The first kappa shape index (κ1) is 21.7. The highest BCUT2D eigenvalue weighted by Gasteiger charge is 2.67. The van der Waals surface area contributed by atoms with Crippen molar-refractivity contribution in [1.82, 2.24) is 0 Å². The number of hydrogen-bond donors (Lipinski definition) is 0. The van der Waals surface area contributed by atoms with Crippen LogP contribution in [0.4, 0.5) is 0 Å². The molecule has 1 aliphatic heterocycles. The first-order valence-electron chi connectivity index (χ1n) is 11.2. The second kappa shape index (κ2) is 7.27. The van der Waals surface area contributed by atoms with Crippen LogP contribution in [0.1, 0.15) is 70.3 Å². The fourth-order valence-corrected chi connectivity index (χ4v) is 5.87. The van der Waals surface area contributed by atoms with Gasteiger partial charge in [-0.25, -0.2) is 4.79 Å². The molecule has 4 aliphatic rings. The van der Waals surface area contributed by atoms with Crippen LogP contribution < -0.4 is 4.74 Å². The first-order valence-corrected chi connectivity index (χ1v) is 11.2. The molecule has 1 aromatic rings. The van der Waals surface area contributed by atoms with Gasteiger partial charge in [-0.2, -0.15) is 0 Å². The summed E-state index contributed by atoms with van der Waals surface area (Å²) in [6.45, 7) is 12.6. The number of aryl methyl sites for hydroxylation is 1. The summed E-state index contributed by atoms with van der Waals surface area (Å²) in [4.78, 5) is 12.6. The van der Waals surface area contributed by atoms with E-state index in [4.69, 9.17) is 18.8 Å². The lowest BCUT2D eigenvalue weighted by atomic mass is 9.43. The molecule has 0 spiro atoms. The molecule has 3 saturated carbocycles. The predicted octanol–water partition coefficient (Wildman–Crippen LogP) is 4.92. The molecule has 3 aliphatic carbocycles. The average Bonchev–Trinajstić information content (AvgIpc) is 3.00. The van der Waals surface area contributed by atoms with Gasteiger partial charge in [0.05, 0.1) is 18.8 Å². The van der Waals surface area contributed by atoms with Crippen LogP contribution in [0.3, 0.4) is 0 Å². The SMILES string of the molecule is COc1c(CCB2OC3CC4CC(C4(C)C)C3(C)O2)cccc1C(=O)OC(C)(C)C. The molecule has 0 radical (unpaired) electrons. The van der Waals surface area contributed by atoms with Crippen molar-refractivity contribution >= 4 is 13.1 Å². The standard InChI is InChI=1S/C24H35BO5/c1-22(2,3)28-21(26)17-10-8-9-15(20(17)27-7)11-12-25-29-19-14-16-13-18(23(16,4)5)24(19,6)30-25/h8-10,16,18-19H,11-14H2,1-7H3. The zero-order valence-corrected chi connectivity index (χ0v) is 19.4. The summed E-state index contributed by atoms with van der Waals surface area (Å²) in [6, 6.07) is 5.63. The van der Waals surface area contributed by atoms with Crippen molar-refractivity contribution in [2.75, 3.05) is 7.11 Å². The molecular weight excluding hydrogens is 379 g/mol. The van der Waals surface area contributed by atoms with Gasteiger partial charge in [-0.3, -0.25) is 0 Å². The Bertz CT molecular complexity index is 829.